The molecule has 3 nitrogen and oxygen atoms in total. The number of H-pyrrole nitrogens is 2. The third kappa shape index (κ3) is 2.03. The number of nitrogens with one attached hydrogen (secondary N) is 2. The van der Waals surface area contributed by atoms with E-state index in [2.05, 4.69) is 71.5 Å². The van der Waals surface area contributed by atoms with Gasteiger partial charge in [0.25, 0.3) is 0 Å². The monoisotopic (exact) mass is 357 g/mol. The Balaban J connectivity index is 1.79. The van der Waals surface area contributed by atoms with Crippen LogP contribution >= 0.6 is 0 Å². The summed E-state index contributed by atoms with van der Waals surface area (Å²) in [4.78, 5) is 12.1. The van der Waals surface area contributed by atoms with Gasteiger partial charge in [0.2, 0.25) is 0 Å². The number of rotatable bonds is 1. The fraction of sp³-hybridized carbons (Fsp3) is 0.0417. The van der Waals surface area contributed by atoms with Crippen molar-refractivity contribution in [3.63, 3.8) is 0 Å². The predicted molar refractivity (Wildman–Crippen MR) is 119 cm³/mol. The van der Waals surface area contributed by atoms with Crippen molar-refractivity contribution in [2.24, 2.45) is 0 Å². The first-order valence-electron chi connectivity index (χ1n) is 9.38. The first-order valence-corrected chi connectivity index (χ1v) is 9.38. The highest BCUT2D eigenvalue weighted by molar-refractivity contribution is 6.35. The number of hydrogen-bond donors (Lipinski definition) is 2. The van der Waals surface area contributed by atoms with Gasteiger partial charge in [0, 0.05) is 32.9 Å². The molecule has 0 fully saturated rings. The first-order chi connectivity index (χ1) is 13.7. The van der Waals surface area contributed by atoms with E-state index >= 15 is 0 Å². The summed E-state index contributed by atoms with van der Waals surface area (Å²) >= 11 is 0. The van der Waals surface area contributed by atoms with Crippen LogP contribution in [0.2, 0.25) is 0 Å². The van der Waals surface area contributed by atoms with E-state index in [1.807, 2.05) is 12.1 Å². The Morgan fingerprint density at radius 2 is 1.50 bits per heavy atom. The summed E-state index contributed by atoms with van der Waals surface area (Å²) in [5.41, 5.74) is 6.17. The number of para-hydroxylation sites is 1. The van der Waals surface area contributed by atoms with Crippen LogP contribution in [0.25, 0.3) is 54.9 Å². The Kier molecular flexibility index (Phi) is 3.04. The van der Waals surface area contributed by atoms with Gasteiger partial charge in [0.15, 0.2) is 0 Å². The Labute approximate surface area is 162 Å². The highest BCUT2D eigenvalue weighted by Crippen LogP contribution is 2.37. The number of aryl methyl sites for hydroxylation is 1. The number of fused-ring (bicyclic) bond motifs is 7. The maximum atomic E-state index is 6.09. The lowest BCUT2D eigenvalue weighted by Gasteiger charge is -2.07. The smallest absolute Gasteiger partial charge is 0.140 e. The van der Waals surface area contributed by atoms with E-state index in [9.17, 15) is 0 Å². The molecule has 4 heteroatoms. The number of imidazole rings is 1. The number of nitrogens with zero attached hydrogens (tertiary/aromatic N) is 1. The van der Waals surface area contributed by atoms with Crippen molar-refractivity contribution in [1.82, 2.24) is 15.0 Å². The molecule has 0 saturated heterocycles. The lowest BCUT2D eigenvalue weighted by atomic mass is 9.91. The summed E-state index contributed by atoms with van der Waals surface area (Å²) in [6.45, 7) is 2.10. The van der Waals surface area contributed by atoms with E-state index < -0.39 is 0 Å². The van der Waals surface area contributed by atoms with Gasteiger partial charge in [0.05, 0.1) is 11.0 Å². The second-order valence-electron chi connectivity index (χ2n) is 7.33. The maximum absolute atomic E-state index is 6.09. The van der Waals surface area contributed by atoms with Crippen LogP contribution in [-0.2, 0) is 0 Å². The van der Waals surface area contributed by atoms with E-state index in [-0.39, 0.29) is 0 Å². The van der Waals surface area contributed by atoms with Gasteiger partial charge in [-0.3, -0.25) is 0 Å². The normalized spacial score (nSPS) is 11.9. The fourth-order valence-electron chi connectivity index (χ4n) is 4.39. The Bertz CT molecular complexity index is 1540. The molecular formula is C24H16BN3. The minimum Gasteiger partial charge on any atom is -0.358 e. The number of aromatic amines is 2. The van der Waals surface area contributed by atoms with Crippen molar-refractivity contribution in [2.75, 3.05) is 0 Å². The summed E-state index contributed by atoms with van der Waals surface area (Å²) in [5.74, 6) is 0.888. The van der Waals surface area contributed by atoms with Crippen molar-refractivity contribution in [3.05, 3.63) is 72.4 Å². The van der Waals surface area contributed by atoms with Crippen LogP contribution in [0.4, 0.5) is 0 Å². The second kappa shape index (κ2) is 5.49. The van der Waals surface area contributed by atoms with Gasteiger partial charge in [-0.15, -0.1) is 0 Å². The van der Waals surface area contributed by atoms with E-state index in [1.54, 1.807) is 0 Å². The van der Waals surface area contributed by atoms with E-state index in [4.69, 9.17) is 12.8 Å². The SMILES string of the molecule is [B]c1ccc2c(c1)c1ccccc1c1nc(-c3c(C)[nH]c4ccccc34)[nH]c21. The summed E-state index contributed by atoms with van der Waals surface area (Å²) < 4.78 is 0. The molecule has 2 aromatic heterocycles. The van der Waals surface area contributed by atoms with Crippen molar-refractivity contribution >= 4 is 56.8 Å². The fourth-order valence-corrected chi connectivity index (χ4v) is 4.39. The van der Waals surface area contributed by atoms with Gasteiger partial charge >= 0.3 is 0 Å². The molecule has 0 aliphatic carbocycles. The quantitative estimate of drug-likeness (QED) is 0.311. The zero-order valence-electron chi connectivity index (χ0n) is 15.4. The highest BCUT2D eigenvalue weighted by atomic mass is 14.9. The van der Waals surface area contributed by atoms with Gasteiger partial charge in [-0.1, -0.05) is 66.1 Å². The number of benzene rings is 4. The molecule has 2 N–H and O–H groups in total. The lowest BCUT2D eigenvalue weighted by molar-refractivity contribution is 1.26. The Hall–Kier alpha value is -3.53. The molecule has 28 heavy (non-hydrogen) atoms. The lowest BCUT2D eigenvalue weighted by Crippen LogP contribution is -2.00. The minimum absolute atomic E-state index is 0.768. The van der Waals surface area contributed by atoms with E-state index in [0.29, 0.717) is 0 Å². The predicted octanol–water partition coefficient (Wildman–Crippen LogP) is 5.12. The molecular weight excluding hydrogens is 341 g/mol. The largest absolute Gasteiger partial charge is 0.358 e. The zero-order chi connectivity index (χ0) is 18.8. The van der Waals surface area contributed by atoms with Crippen molar-refractivity contribution < 1.29 is 0 Å². The van der Waals surface area contributed by atoms with Crippen molar-refractivity contribution in [2.45, 2.75) is 6.92 Å². The average molecular weight is 357 g/mol. The molecule has 6 rings (SSSR count). The zero-order valence-corrected chi connectivity index (χ0v) is 15.4. The molecule has 2 heterocycles. The molecule has 0 unspecified atom stereocenters. The molecule has 0 amide bonds. The molecule has 130 valence electrons. The van der Waals surface area contributed by atoms with E-state index in [0.717, 1.165) is 55.3 Å². The third-order valence-corrected chi connectivity index (χ3v) is 5.62. The van der Waals surface area contributed by atoms with Crippen LogP contribution in [0.15, 0.2) is 66.7 Å². The van der Waals surface area contributed by atoms with Crippen molar-refractivity contribution in [3.8, 4) is 11.4 Å². The molecule has 0 bridgehead atoms. The summed E-state index contributed by atoms with van der Waals surface area (Å²) in [6.07, 6.45) is 0. The second-order valence-corrected chi connectivity index (χ2v) is 7.33. The summed E-state index contributed by atoms with van der Waals surface area (Å²) in [6, 6.07) is 22.8. The van der Waals surface area contributed by atoms with Crippen LogP contribution in [-0.4, -0.2) is 22.8 Å². The standard InChI is InChI=1S/C24H16BN3/c1-13-21(18-8-4-5-9-20(18)26-13)24-27-22-16-7-3-2-6-15(16)19-12-14(25)10-11-17(19)23(22)28-24/h2-12,26H,1H3,(H,27,28). The molecule has 0 atom stereocenters. The average Bonchev–Trinajstić information content (AvgIpc) is 3.28. The number of hydrogen-bond acceptors (Lipinski definition) is 1. The molecule has 0 spiro atoms. The van der Waals surface area contributed by atoms with Crippen molar-refractivity contribution in [1.29, 1.82) is 0 Å². The van der Waals surface area contributed by atoms with Crippen LogP contribution < -0.4 is 5.46 Å². The minimum atomic E-state index is 0.768. The third-order valence-electron chi connectivity index (χ3n) is 5.62. The molecule has 0 saturated carbocycles. The van der Waals surface area contributed by atoms with Crippen LogP contribution in [0.1, 0.15) is 5.69 Å². The molecule has 0 aliphatic rings. The molecule has 0 aliphatic heterocycles. The van der Waals surface area contributed by atoms with Gasteiger partial charge < -0.3 is 9.97 Å². The highest BCUT2D eigenvalue weighted by Gasteiger charge is 2.17. The van der Waals surface area contributed by atoms with Crippen LogP contribution in [0.5, 0.6) is 0 Å². The molecule has 4 aromatic carbocycles. The number of aromatic nitrogens is 3. The first kappa shape index (κ1) is 15.5. The molecule has 2 radical (unpaired) electrons. The summed E-state index contributed by atoms with van der Waals surface area (Å²) in [5, 5.41) is 5.77. The van der Waals surface area contributed by atoms with Crippen LogP contribution in [0, 0.1) is 6.92 Å². The van der Waals surface area contributed by atoms with Gasteiger partial charge in [-0.2, -0.15) is 0 Å². The maximum Gasteiger partial charge on any atom is 0.140 e. The topological polar surface area (TPSA) is 44.5 Å². The molecule has 6 aromatic rings. The van der Waals surface area contributed by atoms with Gasteiger partial charge in [-0.05, 0) is 23.8 Å². The Morgan fingerprint density at radius 1 is 0.750 bits per heavy atom. The Morgan fingerprint density at radius 3 is 2.36 bits per heavy atom. The van der Waals surface area contributed by atoms with Gasteiger partial charge in [-0.25, -0.2) is 4.98 Å². The van der Waals surface area contributed by atoms with Crippen LogP contribution in [0.3, 0.4) is 0 Å². The van der Waals surface area contributed by atoms with Gasteiger partial charge in [0.1, 0.15) is 13.7 Å². The van der Waals surface area contributed by atoms with E-state index in [1.165, 1.54) is 10.8 Å². The summed E-state index contributed by atoms with van der Waals surface area (Å²) in [7, 11) is 6.09.